The van der Waals surface area contributed by atoms with Gasteiger partial charge in [0.05, 0.1) is 5.69 Å². The fraction of sp³-hybridized carbons (Fsp3) is 0.474. The zero-order valence-electron chi connectivity index (χ0n) is 14.7. The molecule has 0 unspecified atom stereocenters. The van der Waals surface area contributed by atoms with Gasteiger partial charge in [-0.1, -0.05) is 30.3 Å². The molecule has 5 heteroatoms. The van der Waals surface area contributed by atoms with Gasteiger partial charge in [-0.15, -0.1) is 0 Å². The Balaban J connectivity index is 1.72. The highest BCUT2D eigenvalue weighted by Crippen LogP contribution is 2.23. The van der Waals surface area contributed by atoms with Gasteiger partial charge >= 0.3 is 0 Å². The Hall–Kier alpha value is -2.14. The molecular weight excluding hydrogens is 300 g/mol. The number of nitrogens with one attached hydrogen (secondary N) is 1. The Morgan fingerprint density at radius 2 is 2.04 bits per heavy atom. The van der Waals surface area contributed by atoms with Crippen LogP contribution in [0.4, 0.5) is 0 Å². The van der Waals surface area contributed by atoms with E-state index >= 15 is 0 Å². The molecule has 24 heavy (non-hydrogen) atoms. The summed E-state index contributed by atoms with van der Waals surface area (Å²) in [5.41, 5.74) is 3.49. The van der Waals surface area contributed by atoms with Gasteiger partial charge in [0.2, 0.25) is 0 Å². The lowest BCUT2D eigenvalue weighted by molar-refractivity contribution is 0.0937. The molecule has 128 valence electrons. The maximum Gasteiger partial charge on any atom is 0.287 e. The third-order valence-corrected chi connectivity index (χ3v) is 4.50. The number of hydrogen-bond acceptors (Lipinski definition) is 3. The van der Waals surface area contributed by atoms with E-state index in [-0.39, 0.29) is 11.9 Å². The molecule has 1 aromatic heterocycles. The maximum atomic E-state index is 12.7. The molecule has 3 rings (SSSR count). The van der Waals surface area contributed by atoms with Crippen molar-refractivity contribution in [2.75, 3.05) is 20.1 Å². The van der Waals surface area contributed by atoms with Gasteiger partial charge in [-0.25, -0.2) is 4.98 Å². The Labute approximate surface area is 143 Å². The normalized spacial score (nSPS) is 14.7. The largest absolute Gasteiger partial charge is 0.349 e. The fourth-order valence-electron chi connectivity index (χ4n) is 3.30. The van der Waals surface area contributed by atoms with Crippen LogP contribution >= 0.6 is 0 Å². The Kier molecular flexibility index (Phi) is 5.00. The fourth-order valence-corrected chi connectivity index (χ4v) is 3.30. The van der Waals surface area contributed by atoms with Crippen molar-refractivity contribution in [3.63, 3.8) is 0 Å². The second-order valence-corrected chi connectivity index (χ2v) is 6.77. The van der Waals surface area contributed by atoms with E-state index < -0.39 is 0 Å². The minimum Gasteiger partial charge on any atom is -0.349 e. The first-order valence-electron chi connectivity index (χ1n) is 8.67. The van der Waals surface area contributed by atoms with Gasteiger partial charge in [0.15, 0.2) is 5.82 Å². The molecule has 0 spiro atoms. The van der Waals surface area contributed by atoms with E-state index in [2.05, 4.69) is 52.8 Å². The molecule has 0 saturated heterocycles. The van der Waals surface area contributed by atoms with Crippen LogP contribution in [0.5, 0.6) is 0 Å². The Bertz CT molecular complexity index is 706. The first kappa shape index (κ1) is 16.7. The molecule has 2 aromatic rings. The van der Waals surface area contributed by atoms with Gasteiger partial charge in [-0.05, 0) is 32.9 Å². The number of carbonyl (C=O) groups excluding carboxylic acids is 1. The van der Waals surface area contributed by atoms with E-state index in [0.717, 1.165) is 31.6 Å². The molecule has 1 aliphatic rings. The topological polar surface area (TPSA) is 50.2 Å². The number of likely N-dealkylation sites (N-methyl/N-ethyl adjacent to an activating group) is 1. The summed E-state index contributed by atoms with van der Waals surface area (Å²) < 4.78 is 2.11. The predicted octanol–water partition coefficient (Wildman–Crippen LogP) is 2.42. The third kappa shape index (κ3) is 3.51. The van der Waals surface area contributed by atoms with E-state index in [1.54, 1.807) is 0 Å². The van der Waals surface area contributed by atoms with E-state index in [1.807, 2.05) is 18.2 Å². The van der Waals surface area contributed by atoms with Crippen molar-refractivity contribution < 1.29 is 4.79 Å². The van der Waals surface area contributed by atoms with Crippen LogP contribution in [-0.2, 0) is 19.4 Å². The first-order chi connectivity index (χ1) is 11.6. The standard InChI is InChI=1S/C19H26N4O/c1-14(2)23-17-10-12-22(3)13-16(17)21-18(23)19(24)20-11-9-15-7-5-4-6-8-15/h4-8,14H,9-13H2,1-3H3,(H,20,24). The average Bonchev–Trinajstić information content (AvgIpc) is 2.94. The van der Waals surface area contributed by atoms with Crippen LogP contribution < -0.4 is 5.32 Å². The summed E-state index contributed by atoms with van der Waals surface area (Å²) in [6, 6.07) is 10.4. The number of benzene rings is 1. The van der Waals surface area contributed by atoms with Gasteiger partial charge in [0, 0.05) is 37.8 Å². The van der Waals surface area contributed by atoms with Crippen LogP contribution in [0, 0.1) is 0 Å². The Morgan fingerprint density at radius 3 is 2.75 bits per heavy atom. The van der Waals surface area contributed by atoms with Crippen molar-refractivity contribution in [1.82, 2.24) is 19.8 Å². The summed E-state index contributed by atoms with van der Waals surface area (Å²) in [6.45, 7) is 6.68. The molecule has 0 radical (unpaired) electrons. The van der Waals surface area contributed by atoms with E-state index in [0.29, 0.717) is 12.4 Å². The van der Waals surface area contributed by atoms with Crippen molar-refractivity contribution in [1.29, 1.82) is 0 Å². The molecule has 0 bridgehead atoms. The molecule has 0 aliphatic carbocycles. The number of rotatable bonds is 5. The number of hydrogen-bond donors (Lipinski definition) is 1. The summed E-state index contributed by atoms with van der Waals surface area (Å²) in [6.07, 6.45) is 1.78. The summed E-state index contributed by atoms with van der Waals surface area (Å²) >= 11 is 0. The van der Waals surface area contributed by atoms with Crippen molar-refractivity contribution in [3.05, 3.63) is 53.1 Å². The SMILES string of the molecule is CC(C)n1c(C(=O)NCCc2ccccc2)nc2c1CCN(C)C2. The van der Waals surface area contributed by atoms with Gasteiger partial charge in [0.25, 0.3) is 5.91 Å². The van der Waals surface area contributed by atoms with Crippen LogP contribution in [0.25, 0.3) is 0 Å². The molecule has 0 atom stereocenters. The van der Waals surface area contributed by atoms with Gasteiger partial charge < -0.3 is 14.8 Å². The second kappa shape index (κ2) is 7.18. The highest BCUT2D eigenvalue weighted by Gasteiger charge is 2.26. The van der Waals surface area contributed by atoms with Crippen LogP contribution in [0.3, 0.4) is 0 Å². The lowest BCUT2D eigenvalue weighted by Crippen LogP contribution is -2.30. The molecule has 1 amide bonds. The van der Waals surface area contributed by atoms with Gasteiger partial charge in [-0.3, -0.25) is 4.79 Å². The highest BCUT2D eigenvalue weighted by atomic mass is 16.2. The smallest absolute Gasteiger partial charge is 0.287 e. The summed E-state index contributed by atoms with van der Waals surface area (Å²) in [7, 11) is 2.09. The third-order valence-electron chi connectivity index (χ3n) is 4.50. The predicted molar refractivity (Wildman–Crippen MR) is 95.1 cm³/mol. The average molecular weight is 326 g/mol. The van der Waals surface area contributed by atoms with E-state index in [4.69, 9.17) is 0 Å². The van der Waals surface area contributed by atoms with Gasteiger partial charge in [0.1, 0.15) is 0 Å². The number of fused-ring (bicyclic) bond motifs is 1. The highest BCUT2D eigenvalue weighted by molar-refractivity contribution is 5.91. The van der Waals surface area contributed by atoms with E-state index in [9.17, 15) is 4.79 Å². The Morgan fingerprint density at radius 1 is 1.29 bits per heavy atom. The number of amides is 1. The number of aromatic nitrogens is 2. The van der Waals surface area contributed by atoms with Crippen LogP contribution in [-0.4, -0.2) is 40.5 Å². The minimum atomic E-state index is -0.0725. The van der Waals surface area contributed by atoms with Gasteiger partial charge in [-0.2, -0.15) is 0 Å². The van der Waals surface area contributed by atoms with Crippen LogP contribution in [0.15, 0.2) is 30.3 Å². The molecule has 1 N–H and O–H groups in total. The number of nitrogens with zero attached hydrogens (tertiary/aromatic N) is 3. The first-order valence-corrected chi connectivity index (χ1v) is 8.67. The van der Waals surface area contributed by atoms with Crippen molar-refractivity contribution in [2.24, 2.45) is 0 Å². The molecule has 1 aromatic carbocycles. The zero-order chi connectivity index (χ0) is 17.1. The lowest BCUT2D eigenvalue weighted by Gasteiger charge is -2.24. The minimum absolute atomic E-state index is 0.0725. The van der Waals surface area contributed by atoms with Crippen LogP contribution in [0.2, 0.25) is 0 Å². The van der Waals surface area contributed by atoms with Crippen molar-refractivity contribution in [2.45, 2.75) is 39.3 Å². The summed E-state index contributed by atoms with van der Waals surface area (Å²) in [5.74, 6) is 0.482. The van der Waals surface area contributed by atoms with Crippen molar-refractivity contribution in [3.8, 4) is 0 Å². The van der Waals surface area contributed by atoms with Crippen LogP contribution in [0.1, 0.15) is 47.5 Å². The lowest BCUT2D eigenvalue weighted by atomic mass is 10.1. The molecule has 2 heterocycles. The summed E-state index contributed by atoms with van der Waals surface area (Å²) in [4.78, 5) is 19.6. The molecule has 5 nitrogen and oxygen atoms in total. The maximum absolute atomic E-state index is 12.7. The second-order valence-electron chi connectivity index (χ2n) is 6.77. The molecule has 0 saturated carbocycles. The van der Waals surface area contributed by atoms with Crippen molar-refractivity contribution >= 4 is 5.91 Å². The zero-order valence-corrected chi connectivity index (χ0v) is 14.7. The molecular formula is C19H26N4O. The number of imidazole rings is 1. The summed E-state index contributed by atoms with van der Waals surface area (Å²) in [5, 5.41) is 3.03. The monoisotopic (exact) mass is 326 g/mol. The number of carbonyl (C=O) groups is 1. The van der Waals surface area contributed by atoms with E-state index in [1.165, 1.54) is 11.3 Å². The quantitative estimate of drug-likeness (QED) is 0.918. The molecule has 0 fully saturated rings. The molecule has 1 aliphatic heterocycles.